The first-order valence-electron chi connectivity index (χ1n) is 8.37. The topological polar surface area (TPSA) is 55.1 Å². The molecule has 3 N–H and O–H groups in total. The quantitative estimate of drug-likeness (QED) is 0.525. The Morgan fingerprint density at radius 1 is 1.12 bits per heavy atom. The van der Waals surface area contributed by atoms with Gasteiger partial charge in [0.25, 0.3) is 5.91 Å². The number of nitrogens with two attached hydrogens (primary N) is 1. The highest BCUT2D eigenvalue weighted by Gasteiger charge is 2.06. The molecular formula is C20H27ClN2OS. The van der Waals surface area contributed by atoms with E-state index in [1.165, 1.54) is 16.0 Å². The first-order chi connectivity index (χ1) is 11.6. The van der Waals surface area contributed by atoms with Crippen LogP contribution in [0.4, 0.5) is 0 Å². The summed E-state index contributed by atoms with van der Waals surface area (Å²) in [6.07, 6.45) is 1.86. The van der Waals surface area contributed by atoms with Crippen molar-refractivity contribution >= 4 is 30.1 Å². The fourth-order valence-corrected chi connectivity index (χ4v) is 3.47. The average molecular weight is 379 g/mol. The van der Waals surface area contributed by atoms with Crippen molar-refractivity contribution in [3.8, 4) is 0 Å². The molecule has 136 valence electrons. The van der Waals surface area contributed by atoms with Crippen molar-refractivity contribution < 1.29 is 4.79 Å². The number of aryl methyl sites for hydroxylation is 2. The van der Waals surface area contributed by atoms with Gasteiger partial charge in [0.2, 0.25) is 0 Å². The van der Waals surface area contributed by atoms with Gasteiger partial charge in [0.05, 0.1) is 0 Å². The van der Waals surface area contributed by atoms with Crippen molar-refractivity contribution in [2.75, 3.05) is 13.1 Å². The van der Waals surface area contributed by atoms with Crippen LogP contribution in [0, 0.1) is 13.8 Å². The van der Waals surface area contributed by atoms with E-state index in [1.54, 1.807) is 0 Å². The molecule has 5 heteroatoms. The summed E-state index contributed by atoms with van der Waals surface area (Å²) in [6, 6.07) is 14.4. The summed E-state index contributed by atoms with van der Waals surface area (Å²) in [6.45, 7) is 5.59. The van der Waals surface area contributed by atoms with Crippen molar-refractivity contribution in [1.29, 1.82) is 0 Å². The van der Waals surface area contributed by atoms with Gasteiger partial charge in [-0.1, -0.05) is 29.8 Å². The van der Waals surface area contributed by atoms with E-state index >= 15 is 0 Å². The molecule has 0 atom stereocenters. The van der Waals surface area contributed by atoms with Crippen LogP contribution < -0.4 is 11.1 Å². The van der Waals surface area contributed by atoms with E-state index in [9.17, 15) is 4.79 Å². The van der Waals surface area contributed by atoms with Gasteiger partial charge >= 0.3 is 0 Å². The fourth-order valence-electron chi connectivity index (χ4n) is 2.40. The van der Waals surface area contributed by atoms with Crippen LogP contribution in [0.2, 0.25) is 0 Å². The van der Waals surface area contributed by atoms with Gasteiger partial charge in [-0.15, -0.1) is 24.2 Å². The van der Waals surface area contributed by atoms with Crippen molar-refractivity contribution in [2.24, 2.45) is 5.73 Å². The molecule has 2 aromatic carbocycles. The monoisotopic (exact) mass is 378 g/mol. The SMILES string of the molecule is Cc1ccc(C)c(SCc2cccc(C(=O)NCCCCN)c2)c1.Cl. The standard InChI is InChI=1S/C20H26N2OS.ClH/c1-15-8-9-16(2)19(12-15)24-14-17-6-5-7-18(13-17)20(23)22-11-4-3-10-21;/h5-9,12-13H,3-4,10-11,14,21H2,1-2H3,(H,22,23);1H. The number of rotatable bonds is 8. The second kappa shape index (κ2) is 11.2. The molecule has 0 aliphatic carbocycles. The minimum Gasteiger partial charge on any atom is -0.352 e. The zero-order chi connectivity index (χ0) is 17.4. The normalized spacial score (nSPS) is 10.2. The molecule has 0 unspecified atom stereocenters. The Morgan fingerprint density at radius 3 is 2.68 bits per heavy atom. The molecular weight excluding hydrogens is 352 g/mol. The molecule has 25 heavy (non-hydrogen) atoms. The maximum atomic E-state index is 12.2. The van der Waals surface area contributed by atoms with Gasteiger partial charge in [0.1, 0.15) is 0 Å². The molecule has 0 saturated heterocycles. The van der Waals surface area contributed by atoms with Crippen LogP contribution >= 0.6 is 24.2 Å². The van der Waals surface area contributed by atoms with Crippen LogP contribution in [0.1, 0.15) is 39.9 Å². The summed E-state index contributed by atoms with van der Waals surface area (Å²) < 4.78 is 0. The molecule has 0 spiro atoms. The van der Waals surface area contributed by atoms with E-state index in [2.05, 4.69) is 43.4 Å². The second-order valence-electron chi connectivity index (χ2n) is 6.01. The maximum absolute atomic E-state index is 12.2. The van der Waals surface area contributed by atoms with E-state index in [4.69, 9.17) is 5.73 Å². The lowest BCUT2D eigenvalue weighted by Crippen LogP contribution is -2.24. The first-order valence-corrected chi connectivity index (χ1v) is 9.36. The van der Waals surface area contributed by atoms with Gasteiger partial charge < -0.3 is 11.1 Å². The van der Waals surface area contributed by atoms with E-state index in [1.807, 2.05) is 30.0 Å². The highest BCUT2D eigenvalue weighted by molar-refractivity contribution is 7.98. The molecule has 0 saturated carbocycles. The highest BCUT2D eigenvalue weighted by Crippen LogP contribution is 2.27. The fraction of sp³-hybridized carbons (Fsp3) is 0.350. The van der Waals surface area contributed by atoms with E-state index in [0.29, 0.717) is 13.1 Å². The summed E-state index contributed by atoms with van der Waals surface area (Å²) in [5.41, 5.74) is 9.91. The summed E-state index contributed by atoms with van der Waals surface area (Å²) >= 11 is 1.81. The summed E-state index contributed by atoms with van der Waals surface area (Å²) in [5.74, 6) is 0.851. The molecule has 0 bridgehead atoms. The number of thioether (sulfide) groups is 1. The smallest absolute Gasteiger partial charge is 0.251 e. The van der Waals surface area contributed by atoms with E-state index in [0.717, 1.165) is 29.7 Å². The Labute approximate surface area is 161 Å². The number of carbonyl (C=O) groups excluding carboxylic acids is 1. The molecule has 0 heterocycles. The Morgan fingerprint density at radius 2 is 1.92 bits per heavy atom. The first kappa shape index (κ1) is 21.6. The molecule has 0 radical (unpaired) electrons. The molecule has 0 aliphatic heterocycles. The number of amides is 1. The molecule has 0 fully saturated rings. The van der Waals surface area contributed by atoms with Gasteiger partial charge in [-0.2, -0.15) is 0 Å². The molecule has 1 amide bonds. The third-order valence-electron chi connectivity index (χ3n) is 3.84. The van der Waals surface area contributed by atoms with Crippen LogP contribution in [-0.2, 0) is 5.75 Å². The van der Waals surface area contributed by atoms with Crippen LogP contribution in [0.15, 0.2) is 47.4 Å². The zero-order valence-corrected chi connectivity index (χ0v) is 16.5. The van der Waals surface area contributed by atoms with Crippen LogP contribution in [0.25, 0.3) is 0 Å². The van der Waals surface area contributed by atoms with Crippen LogP contribution in [0.3, 0.4) is 0 Å². The number of carbonyl (C=O) groups is 1. The Kier molecular flexibility index (Phi) is 9.65. The lowest BCUT2D eigenvalue weighted by atomic mass is 10.1. The zero-order valence-electron chi connectivity index (χ0n) is 14.9. The third-order valence-corrected chi connectivity index (χ3v) is 5.07. The van der Waals surface area contributed by atoms with Crippen molar-refractivity contribution in [2.45, 2.75) is 37.3 Å². The van der Waals surface area contributed by atoms with Crippen LogP contribution in [-0.4, -0.2) is 19.0 Å². The lowest BCUT2D eigenvalue weighted by Gasteiger charge is -2.09. The van der Waals surface area contributed by atoms with Gasteiger partial charge in [-0.05, 0) is 62.6 Å². The Hall–Kier alpha value is -1.49. The molecule has 0 aromatic heterocycles. The third kappa shape index (κ3) is 7.10. The molecule has 2 aromatic rings. The van der Waals surface area contributed by atoms with Gasteiger partial charge in [0.15, 0.2) is 0 Å². The summed E-state index contributed by atoms with van der Waals surface area (Å²) in [5, 5.41) is 2.95. The number of nitrogens with one attached hydrogen (secondary N) is 1. The van der Waals surface area contributed by atoms with Crippen molar-refractivity contribution in [3.05, 3.63) is 64.7 Å². The summed E-state index contributed by atoms with van der Waals surface area (Å²) in [7, 11) is 0. The number of hydrogen-bond acceptors (Lipinski definition) is 3. The average Bonchev–Trinajstić information content (AvgIpc) is 2.59. The number of benzene rings is 2. The van der Waals surface area contributed by atoms with Crippen LogP contribution in [0.5, 0.6) is 0 Å². The Balaban J connectivity index is 0.00000312. The predicted molar refractivity (Wildman–Crippen MR) is 110 cm³/mol. The maximum Gasteiger partial charge on any atom is 0.251 e. The number of hydrogen-bond donors (Lipinski definition) is 2. The minimum atomic E-state index is -0.00870. The van der Waals surface area contributed by atoms with Crippen molar-refractivity contribution in [1.82, 2.24) is 5.32 Å². The van der Waals surface area contributed by atoms with E-state index in [-0.39, 0.29) is 18.3 Å². The summed E-state index contributed by atoms with van der Waals surface area (Å²) in [4.78, 5) is 13.5. The highest BCUT2D eigenvalue weighted by atomic mass is 35.5. The number of halogens is 1. The lowest BCUT2D eigenvalue weighted by molar-refractivity contribution is 0.0953. The molecule has 2 rings (SSSR count). The van der Waals surface area contributed by atoms with Gasteiger partial charge in [-0.25, -0.2) is 0 Å². The van der Waals surface area contributed by atoms with Crippen molar-refractivity contribution in [3.63, 3.8) is 0 Å². The largest absolute Gasteiger partial charge is 0.352 e. The van der Waals surface area contributed by atoms with Gasteiger partial charge in [-0.3, -0.25) is 4.79 Å². The van der Waals surface area contributed by atoms with Gasteiger partial charge in [0, 0.05) is 22.8 Å². The van der Waals surface area contributed by atoms with E-state index < -0.39 is 0 Å². The number of unbranched alkanes of at least 4 members (excludes halogenated alkanes) is 1. The Bertz CT molecular complexity index is 691. The molecule has 0 aliphatic rings. The predicted octanol–water partition coefficient (Wildman–Crippen LogP) is 4.49. The minimum absolute atomic E-state index is 0. The molecule has 3 nitrogen and oxygen atoms in total. The second-order valence-corrected chi connectivity index (χ2v) is 7.03.